The van der Waals surface area contributed by atoms with Gasteiger partial charge in [-0.2, -0.15) is 0 Å². The SMILES string of the molecule is C[C@H](NC(=O)Cc1ccccc1F)C(=O)N[C@@H]1C(=O)Nc2ccccc2O[C@@H]1c1ccccc1. The molecule has 7 nitrogen and oxygen atoms in total. The van der Waals surface area contributed by atoms with Crippen molar-refractivity contribution in [3.8, 4) is 5.75 Å². The van der Waals surface area contributed by atoms with Crippen LogP contribution in [-0.4, -0.2) is 29.8 Å². The fourth-order valence-electron chi connectivity index (χ4n) is 3.72. The van der Waals surface area contributed by atoms with Gasteiger partial charge in [-0.1, -0.05) is 60.7 Å². The summed E-state index contributed by atoms with van der Waals surface area (Å²) in [7, 11) is 0. The van der Waals surface area contributed by atoms with Crippen LogP contribution in [0.5, 0.6) is 5.75 Å². The molecule has 0 aromatic heterocycles. The van der Waals surface area contributed by atoms with Gasteiger partial charge >= 0.3 is 0 Å². The predicted octanol–water partition coefficient (Wildman–Crippen LogP) is 3.13. The molecule has 0 unspecified atom stereocenters. The number of nitrogens with one attached hydrogen (secondary N) is 3. The fraction of sp³-hybridized carbons (Fsp3) is 0.192. The van der Waals surface area contributed by atoms with Crippen LogP contribution in [0.15, 0.2) is 78.9 Å². The lowest BCUT2D eigenvalue weighted by molar-refractivity contribution is -0.131. The number of benzene rings is 3. The van der Waals surface area contributed by atoms with Crippen molar-refractivity contribution in [1.29, 1.82) is 0 Å². The molecule has 0 saturated heterocycles. The number of hydrogen-bond donors (Lipinski definition) is 3. The first-order valence-electron chi connectivity index (χ1n) is 10.9. The number of ether oxygens (including phenoxy) is 1. The van der Waals surface area contributed by atoms with E-state index in [9.17, 15) is 18.8 Å². The monoisotopic (exact) mass is 461 g/mol. The van der Waals surface area contributed by atoms with Gasteiger partial charge in [0.2, 0.25) is 11.8 Å². The van der Waals surface area contributed by atoms with Crippen LogP contribution in [-0.2, 0) is 20.8 Å². The number of anilines is 1. The van der Waals surface area contributed by atoms with Gasteiger partial charge in [0, 0.05) is 0 Å². The Kier molecular flexibility index (Phi) is 6.87. The number of halogens is 1. The number of amides is 3. The lowest BCUT2D eigenvalue weighted by atomic mass is 10.0. The number of rotatable bonds is 6. The van der Waals surface area contributed by atoms with Crippen LogP contribution < -0.4 is 20.7 Å². The van der Waals surface area contributed by atoms with E-state index in [0.29, 0.717) is 17.0 Å². The highest BCUT2D eigenvalue weighted by molar-refractivity contribution is 6.00. The van der Waals surface area contributed by atoms with Crippen molar-refractivity contribution in [2.24, 2.45) is 0 Å². The molecule has 3 aromatic rings. The average Bonchev–Trinajstić information content (AvgIpc) is 2.97. The van der Waals surface area contributed by atoms with E-state index in [-0.39, 0.29) is 12.0 Å². The molecular formula is C26H24FN3O4. The zero-order valence-electron chi connectivity index (χ0n) is 18.5. The molecule has 4 rings (SSSR count). The highest BCUT2D eigenvalue weighted by Crippen LogP contribution is 2.34. The van der Waals surface area contributed by atoms with Crippen molar-refractivity contribution in [3.05, 3.63) is 95.8 Å². The zero-order valence-corrected chi connectivity index (χ0v) is 18.5. The topological polar surface area (TPSA) is 96.5 Å². The molecule has 1 aliphatic rings. The van der Waals surface area contributed by atoms with Crippen molar-refractivity contribution in [2.75, 3.05) is 5.32 Å². The maximum Gasteiger partial charge on any atom is 0.251 e. The predicted molar refractivity (Wildman–Crippen MR) is 125 cm³/mol. The number of carbonyl (C=O) groups is 3. The summed E-state index contributed by atoms with van der Waals surface area (Å²) in [6, 6.07) is 20.0. The molecule has 174 valence electrons. The van der Waals surface area contributed by atoms with E-state index in [2.05, 4.69) is 16.0 Å². The highest BCUT2D eigenvalue weighted by atomic mass is 19.1. The second-order valence-electron chi connectivity index (χ2n) is 7.98. The highest BCUT2D eigenvalue weighted by Gasteiger charge is 2.37. The Hall–Kier alpha value is -4.20. The summed E-state index contributed by atoms with van der Waals surface area (Å²) < 4.78 is 20.0. The Morgan fingerprint density at radius 2 is 1.68 bits per heavy atom. The van der Waals surface area contributed by atoms with Crippen LogP contribution in [0.2, 0.25) is 0 Å². The number of hydrogen-bond acceptors (Lipinski definition) is 4. The maximum absolute atomic E-state index is 13.8. The van der Waals surface area contributed by atoms with Crippen LogP contribution in [0.4, 0.5) is 10.1 Å². The molecule has 1 heterocycles. The molecule has 3 atom stereocenters. The number of para-hydroxylation sites is 2. The minimum atomic E-state index is -1.06. The van der Waals surface area contributed by atoms with Gasteiger partial charge in [-0.25, -0.2) is 4.39 Å². The van der Waals surface area contributed by atoms with Crippen molar-refractivity contribution < 1.29 is 23.5 Å². The van der Waals surface area contributed by atoms with Crippen LogP contribution in [0.25, 0.3) is 0 Å². The van der Waals surface area contributed by atoms with Gasteiger partial charge in [-0.15, -0.1) is 0 Å². The van der Waals surface area contributed by atoms with Crippen molar-refractivity contribution >= 4 is 23.4 Å². The Labute approximate surface area is 196 Å². The van der Waals surface area contributed by atoms with Crippen LogP contribution in [0.1, 0.15) is 24.2 Å². The first-order valence-corrected chi connectivity index (χ1v) is 10.9. The lowest BCUT2D eigenvalue weighted by Gasteiger charge is -2.26. The van der Waals surface area contributed by atoms with Gasteiger partial charge in [-0.05, 0) is 36.2 Å². The Morgan fingerprint density at radius 1 is 1.00 bits per heavy atom. The lowest BCUT2D eigenvalue weighted by Crippen LogP contribution is -2.54. The Bertz CT molecular complexity index is 1200. The molecule has 8 heteroatoms. The van der Waals surface area contributed by atoms with Crippen molar-refractivity contribution in [3.63, 3.8) is 0 Å². The molecule has 0 radical (unpaired) electrons. The maximum atomic E-state index is 13.8. The molecule has 0 saturated carbocycles. The van der Waals surface area contributed by atoms with Gasteiger partial charge in [0.1, 0.15) is 23.7 Å². The third-order valence-corrected chi connectivity index (χ3v) is 5.49. The van der Waals surface area contributed by atoms with Crippen LogP contribution in [0, 0.1) is 5.82 Å². The first kappa shape index (κ1) is 23.0. The minimum absolute atomic E-state index is 0.209. The molecule has 3 N–H and O–H groups in total. The standard InChI is InChI=1S/C26H24FN3O4/c1-16(28-22(31)15-18-11-5-6-12-19(18)27)25(32)30-23-24(17-9-3-2-4-10-17)34-21-14-8-7-13-20(21)29-26(23)33/h2-14,16,23-24H,15H2,1H3,(H,28,31)(H,29,33)(H,30,32)/t16-,23-,24+/m0/s1. The zero-order chi connectivity index (χ0) is 24.1. The van der Waals surface area contributed by atoms with Crippen molar-refractivity contribution in [1.82, 2.24) is 10.6 Å². The summed E-state index contributed by atoms with van der Waals surface area (Å²) in [5.41, 5.74) is 1.43. The molecule has 0 bridgehead atoms. The first-order chi connectivity index (χ1) is 16.4. The summed E-state index contributed by atoms with van der Waals surface area (Å²) in [5, 5.41) is 8.05. The van der Waals surface area contributed by atoms with E-state index in [1.54, 1.807) is 30.3 Å². The van der Waals surface area contributed by atoms with E-state index in [0.717, 1.165) is 0 Å². The average molecular weight is 461 g/mol. The smallest absolute Gasteiger partial charge is 0.251 e. The minimum Gasteiger partial charge on any atom is -0.481 e. The van der Waals surface area contributed by atoms with E-state index in [4.69, 9.17) is 4.74 Å². The van der Waals surface area contributed by atoms with Gasteiger partial charge in [0.05, 0.1) is 12.1 Å². The van der Waals surface area contributed by atoms with Crippen molar-refractivity contribution in [2.45, 2.75) is 31.5 Å². The quantitative estimate of drug-likeness (QED) is 0.526. The van der Waals surface area contributed by atoms with E-state index in [1.165, 1.54) is 25.1 Å². The van der Waals surface area contributed by atoms with E-state index >= 15 is 0 Å². The van der Waals surface area contributed by atoms with Gasteiger partial charge in [0.15, 0.2) is 6.10 Å². The normalized spacial score (nSPS) is 17.9. The second-order valence-corrected chi connectivity index (χ2v) is 7.98. The van der Waals surface area contributed by atoms with Gasteiger partial charge in [0.25, 0.3) is 5.91 Å². The fourth-order valence-corrected chi connectivity index (χ4v) is 3.72. The third-order valence-electron chi connectivity index (χ3n) is 5.49. The van der Waals surface area contributed by atoms with Gasteiger partial charge in [-0.3, -0.25) is 14.4 Å². The van der Waals surface area contributed by atoms with E-state index in [1.807, 2.05) is 30.3 Å². The van der Waals surface area contributed by atoms with Crippen LogP contribution >= 0.6 is 0 Å². The second kappa shape index (κ2) is 10.2. The summed E-state index contributed by atoms with van der Waals surface area (Å²) in [4.78, 5) is 38.4. The third kappa shape index (κ3) is 5.23. The number of fused-ring (bicyclic) bond motifs is 1. The van der Waals surface area contributed by atoms with E-state index < -0.39 is 41.7 Å². The molecular weight excluding hydrogens is 437 g/mol. The Balaban J connectivity index is 1.49. The molecule has 0 fully saturated rings. The summed E-state index contributed by atoms with van der Waals surface area (Å²) in [5.74, 6) is -1.55. The summed E-state index contributed by atoms with van der Waals surface area (Å²) in [6.07, 6.45) is -1.01. The molecule has 3 aromatic carbocycles. The Morgan fingerprint density at radius 3 is 2.44 bits per heavy atom. The molecule has 0 spiro atoms. The largest absolute Gasteiger partial charge is 0.481 e. The van der Waals surface area contributed by atoms with Crippen LogP contribution in [0.3, 0.4) is 0 Å². The molecule has 1 aliphatic heterocycles. The molecule has 0 aliphatic carbocycles. The summed E-state index contributed by atoms with van der Waals surface area (Å²) >= 11 is 0. The number of carbonyl (C=O) groups excluding carboxylic acids is 3. The van der Waals surface area contributed by atoms with Gasteiger partial charge < -0.3 is 20.7 Å². The molecule has 34 heavy (non-hydrogen) atoms. The summed E-state index contributed by atoms with van der Waals surface area (Å²) in [6.45, 7) is 1.50. The molecule has 3 amide bonds.